The summed E-state index contributed by atoms with van der Waals surface area (Å²) in [5.41, 5.74) is 3.63. The van der Waals surface area contributed by atoms with Gasteiger partial charge in [-0.2, -0.15) is 0 Å². The zero-order valence-corrected chi connectivity index (χ0v) is 21.4. The molecular weight excluding hydrogens is 478 g/mol. The van der Waals surface area contributed by atoms with Crippen molar-refractivity contribution in [1.82, 2.24) is 14.9 Å². The molecule has 3 heterocycles. The Hall–Kier alpha value is -3.79. The van der Waals surface area contributed by atoms with Crippen LogP contribution in [0.1, 0.15) is 18.2 Å². The minimum atomic E-state index is -3.53. The molecule has 1 fully saturated rings. The SMILES string of the molecule is CC(=O)N1CCN(c2ccc(NC(=O)Cc3ccc(-c4ccnc(C)c4)c(S(C)(=O)=O)c3)nc2)CC1. The standard InChI is InChI=1S/C26H29N5O4S/c1-18-14-21(8-9-27-18)23-6-4-20(15-24(23)36(3,34)35)16-26(33)29-25-7-5-22(17-28-25)31-12-10-30(11-13-31)19(2)32/h4-9,14-15,17H,10-13,16H2,1-3H3,(H,28,29,33). The summed E-state index contributed by atoms with van der Waals surface area (Å²) in [5, 5.41) is 2.78. The second-order valence-corrected chi connectivity index (χ2v) is 10.9. The summed E-state index contributed by atoms with van der Waals surface area (Å²) in [4.78, 5) is 36.8. The number of aryl methyl sites for hydroxylation is 1. The van der Waals surface area contributed by atoms with Gasteiger partial charge in [0, 0.05) is 56.8 Å². The van der Waals surface area contributed by atoms with Crippen molar-refractivity contribution in [3.63, 3.8) is 0 Å². The largest absolute Gasteiger partial charge is 0.367 e. The molecule has 0 radical (unpaired) electrons. The maximum atomic E-state index is 12.7. The lowest BCUT2D eigenvalue weighted by Crippen LogP contribution is -2.48. The van der Waals surface area contributed by atoms with E-state index < -0.39 is 9.84 Å². The number of pyridine rings is 2. The third-order valence-electron chi connectivity index (χ3n) is 6.12. The van der Waals surface area contributed by atoms with Gasteiger partial charge in [0.05, 0.1) is 23.2 Å². The molecule has 0 bridgehead atoms. The number of hydrogen-bond donors (Lipinski definition) is 1. The summed E-state index contributed by atoms with van der Waals surface area (Å²) in [6.45, 7) is 6.21. The second kappa shape index (κ2) is 10.4. The molecule has 0 atom stereocenters. The van der Waals surface area contributed by atoms with Gasteiger partial charge in [0.25, 0.3) is 0 Å². The Labute approximate surface area is 211 Å². The van der Waals surface area contributed by atoms with Crippen molar-refractivity contribution in [2.45, 2.75) is 25.2 Å². The number of carbonyl (C=O) groups excluding carboxylic acids is 2. The lowest BCUT2D eigenvalue weighted by atomic mass is 10.0. The number of anilines is 2. The van der Waals surface area contributed by atoms with Gasteiger partial charge in [-0.3, -0.25) is 14.6 Å². The molecule has 2 amide bonds. The van der Waals surface area contributed by atoms with E-state index in [4.69, 9.17) is 0 Å². The maximum Gasteiger partial charge on any atom is 0.229 e. The van der Waals surface area contributed by atoms with E-state index in [2.05, 4.69) is 20.2 Å². The molecule has 36 heavy (non-hydrogen) atoms. The Morgan fingerprint density at radius 2 is 1.75 bits per heavy atom. The fourth-order valence-electron chi connectivity index (χ4n) is 4.23. The smallest absolute Gasteiger partial charge is 0.229 e. The van der Waals surface area contributed by atoms with Crippen LogP contribution in [0, 0.1) is 6.92 Å². The number of sulfone groups is 1. The predicted molar refractivity (Wildman–Crippen MR) is 139 cm³/mol. The molecule has 188 valence electrons. The Bertz CT molecular complexity index is 1380. The van der Waals surface area contributed by atoms with Crippen LogP contribution in [0.25, 0.3) is 11.1 Å². The Balaban J connectivity index is 1.43. The van der Waals surface area contributed by atoms with Crippen LogP contribution in [0.4, 0.5) is 11.5 Å². The highest BCUT2D eigenvalue weighted by atomic mass is 32.2. The number of rotatable bonds is 6. The molecule has 3 aromatic rings. The molecule has 9 nitrogen and oxygen atoms in total. The third kappa shape index (κ3) is 6.06. The summed E-state index contributed by atoms with van der Waals surface area (Å²) >= 11 is 0. The van der Waals surface area contributed by atoms with Gasteiger partial charge < -0.3 is 15.1 Å². The minimum absolute atomic E-state index is 0.00854. The average molecular weight is 508 g/mol. The van der Waals surface area contributed by atoms with Crippen molar-refractivity contribution in [2.75, 3.05) is 42.7 Å². The number of carbonyl (C=O) groups is 2. The van der Waals surface area contributed by atoms with Gasteiger partial charge in [-0.1, -0.05) is 12.1 Å². The minimum Gasteiger partial charge on any atom is -0.367 e. The first-order valence-electron chi connectivity index (χ1n) is 11.6. The van der Waals surface area contributed by atoms with E-state index in [9.17, 15) is 18.0 Å². The first-order valence-corrected chi connectivity index (χ1v) is 13.5. The van der Waals surface area contributed by atoms with Crippen LogP contribution in [-0.4, -0.2) is 67.5 Å². The van der Waals surface area contributed by atoms with E-state index in [1.807, 2.05) is 24.0 Å². The fraction of sp³-hybridized carbons (Fsp3) is 0.308. The van der Waals surface area contributed by atoms with Gasteiger partial charge in [-0.15, -0.1) is 0 Å². The Morgan fingerprint density at radius 3 is 2.36 bits per heavy atom. The van der Waals surface area contributed by atoms with Crippen LogP contribution in [0.5, 0.6) is 0 Å². The van der Waals surface area contributed by atoms with Gasteiger partial charge in [-0.05, 0) is 48.4 Å². The van der Waals surface area contributed by atoms with E-state index in [0.29, 0.717) is 30.0 Å². The number of nitrogens with zero attached hydrogens (tertiary/aromatic N) is 4. The van der Waals surface area contributed by atoms with Gasteiger partial charge >= 0.3 is 0 Å². The molecule has 10 heteroatoms. The third-order valence-corrected chi connectivity index (χ3v) is 7.26. The highest BCUT2D eigenvalue weighted by Crippen LogP contribution is 2.29. The Morgan fingerprint density at radius 1 is 1.00 bits per heavy atom. The van der Waals surface area contributed by atoms with Gasteiger partial charge in [-0.25, -0.2) is 13.4 Å². The van der Waals surface area contributed by atoms with E-state index in [1.165, 1.54) is 0 Å². The fourth-order valence-corrected chi connectivity index (χ4v) is 5.18. The van der Waals surface area contributed by atoms with Crippen LogP contribution in [0.15, 0.2) is 59.8 Å². The predicted octanol–water partition coefficient (Wildman–Crippen LogP) is 2.71. The van der Waals surface area contributed by atoms with Gasteiger partial charge in [0.2, 0.25) is 11.8 Å². The van der Waals surface area contributed by atoms with Crippen molar-refractivity contribution in [1.29, 1.82) is 0 Å². The topological polar surface area (TPSA) is 113 Å². The first-order chi connectivity index (χ1) is 17.1. The quantitative estimate of drug-likeness (QED) is 0.546. The molecule has 1 aromatic carbocycles. The number of piperazine rings is 1. The van der Waals surface area contributed by atoms with Gasteiger partial charge in [0.1, 0.15) is 5.82 Å². The number of benzene rings is 1. The monoisotopic (exact) mass is 507 g/mol. The molecule has 1 saturated heterocycles. The van der Waals surface area contributed by atoms with Crippen molar-refractivity contribution in [3.8, 4) is 11.1 Å². The normalized spacial score (nSPS) is 14.0. The molecule has 2 aromatic heterocycles. The number of aromatic nitrogens is 2. The van der Waals surface area contributed by atoms with Crippen LogP contribution >= 0.6 is 0 Å². The molecule has 0 aliphatic carbocycles. The second-order valence-electron chi connectivity index (χ2n) is 8.91. The van der Waals surface area contributed by atoms with Crippen LogP contribution in [0.3, 0.4) is 0 Å². The molecule has 4 rings (SSSR count). The lowest BCUT2D eigenvalue weighted by molar-refractivity contribution is -0.129. The molecule has 0 unspecified atom stereocenters. The number of amides is 2. The van der Waals surface area contributed by atoms with Crippen molar-refractivity contribution >= 4 is 33.2 Å². The Kier molecular flexibility index (Phi) is 7.35. The number of nitrogens with one attached hydrogen (secondary N) is 1. The summed E-state index contributed by atoms with van der Waals surface area (Å²) < 4.78 is 25.0. The summed E-state index contributed by atoms with van der Waals surface area (Å²) in [6.07, 6.45) is 4.51. The first kappa shape index (κ1) is 25.3. The van der Waals surface area contributed by atoms with Crippen molar-refractivity contribution in [2.24, 2.45) is 0 Å². The van der Waals surface area contributed by atoms with Crippen LogP contribution in [-0.2, 0) is 25.8 Å². The van der Waals surface area contributed by atoms with Crippen molar-refractivity contribution in [3.05, 3.63) is 66.1 Å². The highest BCUT2D eigenvalue weighted by molar-refractivity contribution is 7.90. The van der Waals surface area contributed by atoms with Crippen molar-refractivity contribution < 1.29 is 18.0 Å². The summed E-state index contributed by atoms with van der Waals surface area (Å²) in [5.74, 6) is 0.201. The van der Waals surface area contributed by atoms with E-state index in [1.54, 1.807) is 49.6 Å². The summed E-state index contributed by atoms with van der Waals surface area (Å²) in [7, 11) is -3.53. The van der Waals surface area contributed by atoms with E-state index in [0.717, 1.165) is 36.3 Å². The lowest BCUT2D eigenvalue weighted by Gasteiger charge is -2.35. The zero-order chi connectivity index (χ0) is 25.9. The van der Waals surface area contributed by atoms with E-state index in [-0.39, 0.29) is 23.1 Å². The molecule has 0 spiro atoms. The average Bonchev–Trinajstić information content (AvgIpc) is 2.84. The molecule has 0 saturated carbocycles. The molecular formula is C26H29N5O4S. The molecule has 1 aliphatic heterocycles. The maximum absolute atomic E-state index is 12.7. The number of hydrogen-bond acceptors (Lipinski definition) is 7. The summed E-state index contributed by atoms with van der Waals surface area (Å²) in [6, 6.07) is 12.3. The van der Waals surface area contributed by atoms with Crippen LogP contribution < -0.4 is 10.2 Å². The zero-order valence-electron chi connectivity index (χ0n) is 20.6. The molecule has 1 aliphatic rings. The highest BCUT2D eigenvalue weighted by Gasteiger charge is 2.20. The van der Waals surface area contributed by atoms with Crippen LogP contribution in [0.2, 0.25) is 0 Å². The van der Waals surface area contributed by atoms with Gasteiger partial charge in [0.15, 0.2) is 9.84 Å². The van der Waals surface area contributed by atoms with E-state index >= 15 is 0 Å². The molecule has 1 N–H and O–H groups in total.